The van der Waals surface area contributed by atoms with Crippen LogP contribution in [0.3, 0.4) is 0 Å². The van der Waals surface area contributed by atoms with Crippen molar-refractivity contribution in [2.45, 2.75) is 59.1 Å². The van der Waals surface area contributed by atoms with Crippen LogP contribution in [0.2, 0.25) is 0 Å². The van der Waals surface area contributed by atoms with Crippen LogP contribution in [0.15, 0.2) is 0 Å². The van der Waals surface area contributed by atoms with Crippen molar-refractivity contribution in [2.75, 3.05) is 12.8 Å². The molecular formula is C13H25N3O. The van der Waals surface area contributed by atoms with Gasteiger partial charge in [0.1, 0.15) is 0 Å². The highest BCUT2D eigenvalue weighted by atomic mass is 16.5. The molecule has 0 aliphatic carbocycles. The Kier molecular flexibility index (Phi) is 4.57. The summed E-state index contributed by atoms with van der Waals surface area (Å²) in [5.41, 5.74) is 8.99. The second kappa shape index (κ2) is 5.54. The zero-order chi connectivity index (χ0) is 13.1. The van der Waals surface area contributed by atoms with E-state index < -0.39 is 0 Å². The third-order valence-electron chi connectivity index (χ3n) is 3.32. The maximum absolute atomic E-state index is 6.08. The fourth-order valence-corrected chi connectivity index (χ4v) is 1.86. The summed E-state index contributed by atoms with van der Waals surface area (Å²) in [6, 6.07) is 0. The fraction of sp³-hybridized carbons (Fsp3) is 0.769. The van der Waals surface area contributed by atoms with Gasteiger partial charge in [-0.25, -0.2) is 0 Å². The fourth-order valence-electron chi connectivity index (χ4n) is 1.86. The predicted molar refractivity (Wildman–Crippen MR) is 71.1 cm³/mol. The van der Waals surface area contributed by atoms with Gasteiger partial charge in [-0.1, -0.05) is 13.8 Å². The molecule has 0 unspecified atom stereocenters. The van der Waals surface area contributed by atoms with E-state index in [1.54, 1.807) is 7.11 Å². The van der Waals surface area contributed by atoms with Crippen LogP contribution in [0.1, 0.15) is 45.5 Å². The van der Waals surface area contributed by atoms with Crippen molar-refractivity contribution in [2.24, 2.45) is 0 Å². The summed E-state index contributed by atoms with van der Waals surface area (Å²) in [5, 5.41) is 4.57. The van der Waals surface area contributed by atoms with E-state index in [2.05, 4.69) is 32.8 Å². The number of ether oxygens (including phenoxy) is 1. The average molecular weight is 239 g/mol. The number of nitrogens with two attached hydrogens (primary N) is 1. The number of anilines is 1. The summed E-state index contributed by atoms with van der Waals surface area (Å²) < 4.78 is 7.46. The lowest BCUT2D eigenvalue weighted by atomic mass is 10.1. The Morgan fingerprint density at radius 1 is 1.29 bits per heavy atom. The van der Waals surface area contributed by atoms with E-state index in [1.165, 1.54) is 0 Å². The molecule has 0 saturated carbocycles. The standard InChI is InChI=1S/C13H25N3O/c1-6-10-12(14)11(7-2)16(15-10)9-8-13(3,4)17-5/h6-9,14H2,1-5H3. The van der Waals surface area contributed by atoms with Crippen LogP contribution in [0, 0.1) is 0 Å². The van der Waals surface area contributed by atoms with Gasteiger partial charge in [0.25, 0.3) is 0 Å². The summed E-state index contributed by atoms with van der Waals surface area (Å²) in [7, 11) is 1.75. The lowest BCUT2D eigenvalue weighted by Gasteiger charge is -2.23. The number of methoxy groups -OCH3 is 1. The summed E-state index contributed by atoms with van der Waals surface area (Å²) >= 11 is 0. The molecule has 1 aromatic heterocycles. The van der Waals surface area contributed by atoms with Crippen molar-refractivity contribution < 1.29 is 4.74 Å². The largest absolute Gasteiger partial charge is 0.396 e. The molecule has 4 heteroatoms. The molecule has 0 radical (unpaired) electrons. The molecule has 0 aliphatic rings. The minimum Gasteiger partial charge on any atom is -0.396 e. The molecule has 4 nitrogen and oxygen atoms in total. The average Bonchev–Trinajstić information content (AvgIpc) is 2.62. The Morgan fingerprint density at radius 2 is 1.94 bits per heavy atom. The van der Waals surface area contributed by atoms with Crippen molar-refractivity contribution in [3.05, 3.63) is 11.4 Å². The SMILES string of the molecule is CCc1nn(CCC(C)(C)OC)c(CC)c1N. The van der Waals surface area contributed by atoms with Crippen molar-refractivity contribution in [1.29, 1.82) is 0 Å². The first kappa shape index (κ1) is 14.0. The Labute approximate surface area is 104 Å². The maximum Gasteiger partial charge on any atom is 0.0854 e. The summed E-state index contributed by atoms with van der Waals surface area (Å²) in [6.45, 7) is 9.24. The molecule has 0 aromatic carbocycles. The first-order chi connectivity index (χ1) is 7.95. The van der Waals surface area contributed by atoms with E-state index in [9.17, 15) is 0 Å². The minimum absolute atomic E-state index is 0.113. The molecule has 1 heterocycles. The molecule has 0 spiro atoms. The van der Waals surface area contributed by atoms with Crippen LogP contribution in [0.5, 0.6) is 0 Å². The summed E-state index contributed by atoms with van der Waals surface area (Å²) in [5.74, 6) is 0. The zero-order valence-corrected chi connectivity index (χ0v) is 11.7. The van der Waals surface area contributed by atoms with Crippen molar-refractivity contribution in [1.82, 2.24) is 9.78 Å². The van der Waals surface area contributed by atoms with Crippen LogP contribution in [0.4, 0.5) is 5.69 Å². The van der Waals surface area contributed by atoms with Gasteiger partial charge in [0, 0.05) is 13.7 Å². The van der Waals surface area contributed by atoms with Crippen LogP contribution in [-0.4, -0.2) is 22.5 Å². The van der Waals surface area contributed by atoms with Gasteiger partial charge in [0.05, 0.1) is 22.7 Å². The molecule has 1 rings (SSSR count). The van der Waals surface area contributed by atoms with E-state index in [-0.39, 0.29) is 5.60 Å². The first-order valence-corrected chi connectivity index (χ1v) is 6.34. The lowest BCUT2D eigenvalue weighted by molar-refractivity contribution is 0.0111. The number of hydrogen-bond donors (Lipinski definition) is 1. The van der Waals surface area contributed by atoms with E-state index in [4.69, 9.17) is 10.5 Å². The van der Waals surface area contributed by atoms with Crippen molar-refractivity contribution in [3.63, 3.8) is 0 Å². The highest BCUT2D eigenvalue weighted by Crippen LogP contribution is 2.21. The van der Waals surface area contributed by atoms with Gasteiger partial charge in [0.2, 0.25) is 0 Å². The number of aryl methyl sites for hydroxylation is 2. The molecule has 0 fully saturated rings. The Hall–Kier alpha value is -1.03. The molecule has 1 aromatic rings. The second-order valence-electron chi connectivity index (χ2n) is 4.95. The number of rotatable bonds is 6. The van der Waals surface area contributed by atoms with Gasteiger partial charge in [-0.3, -0.25) is 4.68 Å². The van der Waals surface area contributed by atoms with Crippen LogP contribution < -0.4 is 5.73 Å². The summed E-state index contributed by atoms with van der Waals surface area (Å²) in [4.78, 5) is 0. The van der Waals surface area contributed by atoms with Gasteiger partial charge >= 0.3 is 0 Å². The molecule has 98 valence electrons. The van der Waals surface area contributed by atoms with Crippen LogP contribution >= 0.6 is 0 Å². The van der Waals surface area contributed by atoms with E-state index in [0.29, 0.717) is 0 Å². The highest BCUT2D eigenvalue weighted by Gasteiger charge is 2.18. The minimum atomic E-state index is -0.113. The third kappa shape index (κ3) is 3.22. The van der Waals surface area contributed by atoms with Crippen LogP contribution in [0.25, 0.3) is 0 Å². The topological polar surface area (TPSA) is 53.1 Å². The molecule has 0 atom stereocenters. The van der Waals surface area contributed by atoms with Gasteiger partial charge in [-0.15, -0.1) is 0 Å². The molecule has 0 aliphatic heterocycles. The smallest absolute Gasteiger partial charge is 0.0854 e. The van der Waals surface area contributed by atoms with Gasteiger partial charge in [-0.2, -0.15) is 5.10 Å². The highest BCUT2D eigenvalue weighted by molar-refractivity contribution is 5.48. The van der Waals surface area contributed by atoms with Crippen LogP contribution in [-0.2, 0) is 24.1 Å². The van der Waals surface area contributed by atoms with E-state index >= 15 is 0 Å². The summed E-state index contributed by atoms with van der Waals surface area (Å²) in [6.07, 6.45) is 2.74. The zero-order valence-electron chi connectivity index (χ0n) is 11.7. The third-order valence-corrected chi connectivity index (χ3v) is 3.32. The number of aromatic nitrogens is 2. The predicted octanol–water partition coefficient (Wildman–Crippen LogP) is 2.41. The molecular weight excluding hydrogens is 214 g/mol. The molecule has 17 heavy (non-hydrogen) atoms. The Balaban J connectivity index is 2.84. The van der Waals surface area contributed by atoms with E-state index in [1.807, 2.05) is 4.68 Å². The number of hydrogen-bond acceptors (Lipinski definition) is 3. The van der Waals surface area contributed by atoms with Gasteiger partial charge in [0.15, 0.2) is 0 Å². The maximum atomic E-state index is 6.08. The number of nitrogens with zero attached hydrogens (tertiary/aromatic N) is 2. The Bertz CT molecular complexity index is 369. The monoisotopic (exact) mass is 239 g/mol. The number of nitrogen functional groups attached to an aromatic ring is 1. The second-order valence-corrected chi connectivity index (χ2v) is 4.95. The van der Waals surface area contributed by atoms with Gasteiger partial charge < -0.3 is 10.5 Å². The lowest BCUT2D eigenvalue weighted by Crippen LogP contribution is -2.25. The molecule has 0 saturated heterocycles. The first-order valence-electron chi connectivity index (χ1n) is 6.34. The normalized spacial score (nSPS) is 12.1. The molecule has 0 amide bonds. The molecule has 2 N–H and O–H groups in total. The Morgan fingerprint density at radius 3 is 2.41 bits per heavy atom. The van der Waals surface area contributed by atoms with Gasteiger partial charge in [-0.05, 0) is 33.1 Å². The van der Waals surface area contributed by atoms with Crippen molar-refractivity contribution in [3.8, 4) is 0 Å². The van der Waals surface area contributed by atoms with E-state index in [0.717, 1.165) is 42.9 Å². The van der Waals surface area contributed by atoms with Crippen molar-refractivity contribution >= 4 is 5.69 Å². The quantitative estimate of drug-likeness (QED) is 0.829. The molecule has 0 bridgehead atoms.